The maximum absolute atomic E-state index is 6.72. The molecule has 1 aliphatic heterocycles. The van der Waals surface area contributed by atoms with Gasteiger partial charge in [-0.1, -0.05) is 133 Å². The van der Waals surface area contributed by atoms with Gasteiger partial charge in [-0.05, 0) is 47.4 Å². The fourth-order valence-electron chi connectivity index (χ4n) is 5.76. The zero-order valence-electron chi connectivity index (χ0n) is 24.5. The van der Waals surface area contributed by atoms with Crippen molar-refractivity contribution >= 4 is 23.0 Å². The molecule has 1 atom stereocenters. The van der Waals surface area contributed by atoms with Crippen molar-refractivity contribution in [2.24, 2.45) is 5.73 Å². The molecule has 5 aromatic carbocycles. The Balaban J connectivity index is 1.45. The molecular weight excluding hydrogens is 536 g/mol. The van der Waals surface area contributed by atoms with Crippen LogP contribution in [0.1, 0.15) is 29.2 Å². The summed E-state index contributed by atoms with van der Waals surface area (Å²) in [7, 11) is 0. The molecule has 4 heteroatoms. The Bertz CT molecular complexity index is 1920. The van der Waals surface area contributed by atoms with E-state index in [1.807, 2.05) is 55.5 Å². The molecule has 0 saturated heterocycles. The molecule has 0 radical (unpaired) electrons. The van der Waals surface area contributed by atoms with Gasteiger partial charge < -0.3 is 11.1 Å². The maximum Gasteiger partial charge on any atom is 0.160 e. The van der Waals surface area contributed by atoms with Crippen molar-refractivity contribution < 1.29 is 0 Å². The molecule has 4 nitrogen and oxygen atoms in total. The van der Waals surface area contributed by atoms with E-state index in [-0.39, 0.29) is 6.04 Å². The van der Waals surface area contributed by atoms with Gasteiger partial charge in [-0.2, -0.15) is 0 Å². The molecule has 0 spiro atoms. The van der Waals surface area contributed by atoms with Gasteiger partial charge in [0, 0.05) is 34.0 Å². The minimum absolute atomic E-state index is 0.208. The van der Waals surface area contributed by atoms with E-state index in [0.29, 0.717) is 5.82 Å². The molecule has 0 saturated carbocycles. The Labute approximate surface area is 258 Å². The van der Waals surface area contributed by atoms with Crippen molar-refractivity contribution in [3.05, 3.63) is 168 Å². The first kappa shape index (κ1) is 27.3. The van der Waals surface area contributed by atoms with Gasteiger partial charge in [-0.3, -0.25) is 0 Å². The lowest BCUT2D eigenvalue weighted by atomic mass is 9.88. The third-order valence-corrected chi connectivity index (χ3v) is 7.90. The highest BCUT2D eigenvalue weighted by Gasteiger charge is 2.23. The topological polar surface area (TPSA) is 63.8 Å². The van der Waals surface area contributed by atoms with Gasteiger partial charge in [0.15, 0.2) is 5.82 Å². The molecule has 0 bridgehead atoms. The predicted octanol–water partition coefficient (Wildman–Crippen LogP) is 8.79. The highest BCUT2D eigenvalue weighted by atomic mass is 14.9. The lowest BCUT2D eigenvalue weighted by Crippen LogP contribution is -2.25. The van der Waals surface area contributed by atoms with Crippen LogP contribution >= 0.6 is 0 Å². The van der Waals surface area contributed by atoms with Gasteiger partial charge in [-0.25, -0.2) is 9.97 Å². The number of rotatable bonds is 6. The van der Waals surface area contributed by atoms with Gasteiger partial charge in [0.25, 0.3) is 0 Å². The van der Waals surface area contributed by atoms with Crippen LogP contribution in [0, 0.1) is 0 Å². The molecule has 2 heterocycles. The van der Waals surface area contributed by atoms with Gasteiger partial charge in [0.1, 0.15) is 0 Å². The van der Waals surface area contributed by atoms with Crippen molar-refractivity contribution in [1.82, 2.24) is 15.3 Å². The van der Waals surface area contributed by atoms with Crippen molar-refractivity contribution in [2.75, 3.05) is 0 Å². The summed E-state index contributed by atoms with van der Waals surface area (Å²) >= 11 is 0. The van der Waals surface area contributed by atoms with Crippen LogP contribution in [0.2, 0.25) is 0 Å². The first-order valence-corrected chi connectivity index (χ1v) is 14.9. The Morgan fingerprint density at radius 1 is 0.591 bits per heavy atom. The lowest BCUT2D eigenvalue weighted by Gasteiger charge is -2.27. The summed E-state index contributed by atoms with van der Waals surface area (Å²) in [5, 5.41) is 3.79. The number of hydrogen-bond donors (Lipinski definition) is 2. The van der Waals surface area contributed by atoms with E-state index in [9.17, 15) is 0 Å². The van der Waals surface area contributed by atoms with Crippen LogP contribution in [-0.2, 0) is 0 Å². The SMILES string of the molecule is CC(N)/C(=C1\NC(c2ccccc2)=Cc2ccc(-c3cc(-c4ccccc4)nc(-c4ccccc4)n3)cc21)c1ccccc1. The lowest BCUT2D eigenvalue weighted by molar-refractivity contribution is 0.941. The number of nitrogens with one attached hydrogen (secondary N) is 1. The number of fused-ring (bicyclic) bond motifs is 1. The first-order valence-electron chi connectivity index (χ1n) is 14.9. The Morgan fingerprint density at radius 3 is 1.75 bits per heavy atom. The van der Waals surface area contributed by atoms with Crippen molar-refractivity contribution in [3.8, 4) is 33.9 Å². The minimum Gasteiger partial charge on any atom is -0.354 e. The average Bonchev–Trinajstić information content (AvgIpc) is 3.09. The van der Waals surface area contributed by atoms with Gasteiger partial charge in [0.2, 0.25) is 0 Å². The molecule has 6 aromatic rings. The van der Waals surface area contributed by atoms with E-state index in [0.717, 1.165) is 67.3 Å². The summed E-state index contributed by atoms with van der Waals surface area (Å²) in [5.74, 6) is 0.695. The number of hydrogen-bond acceptors (Lipinski definition) is 4. The Hall–Kier alpha value is -5.58. The first-order chi connectivity index (χ1) is 21.6. The number of nitrogens with two attached hydrogens (primary N) is 1. The summed E-state index contributed by atoms with van der Waals surface area (Å²) < 4.78 is 0. The normalized spacial score (nSPS) is 14.2. The second-order valence-electron chi connectivity index (χ2n) is 11.0. The Morgan fingerprint density at radius 2 is 1.14 bits per heavy atom. The molecule has 1 unspecified atom stereocenters. The zero-order chi connectivity index (χ0) is 29.9. The molecule has 1 aromatic heterocycles. The smallest absolute Gasteiger partial charge is 0.160 e. The van der Waals surface area contributed by atoms with E-state index in [2.05, 4.69) is 108 Å². The second kappa shape index (κ2) is 12.0. The summed E-state index contributed by atoms with van der Waals surface area (Å²) in [6.07, 6.45) is 2.21. The maximum atomic E-state index is 6.72. The van der Waals surface area contributed by atoms with Crippen LogP contribution in [-0.4, -0.2) is 16.0 Å². The monoisotopic (exact) mass is 568 g/mol. The van der Waals surface area contributed by atoms with E-state index >= 15 is 0 Å². The zero-order valence-corrected chi connectivity index (χ0v) is 24.5. The fourth-order valence-corrected chi connectivity index (χ4v) is 5.76. The van der Waals surface area contributed by atoms with Crippen LogP contribution in [0.15, 0.2) is 146 Å². The molecule has 1 aliphatic rings. The summed E-state index contributed by atoms with van der Waals surface area (Å²) in [6.45, 7) is 2.05. The molecule has 212 valence electrons. The standard InChI is InChI=1S/C40H32N4/c1-27(41)38(30-18-10-4-11-19-30)39-34-24-33(23-22-32(34)25-35(42-39)28-14-6-2-7-15-28)37-26-36(29-16-8-3-9-17-29)43-40(44-37)31-20-12-5-13-21-31/h2-27,42H,41H2,1H3/b39-38+. The molecular formula is C40H32N4. The number of aromatic nitrogens is 2. The van der Waals surface area contributed by atoms with Crippen LogP contribution in [0.5, 0.6) is 0 Å². The van der Waals surface area contributed by atoms with E-state index in [1.165, 1.54) is 0 Å². The van der Waals surface area contributed by atoms with Gasteiger partial charge in [-0.15, -0.1) is 0 Å². The molecule has 0 fully saturated rings. The summed E-state index contributed by atoms with van der Waals surface area (Å²) in [4.78, 5) is 10.1. The van der Waals surface area contributed by atoms with Crippen LogP contribution < -0.4 is 11.1 Å². The third-order valence-electron chi connectivity index (χ3n) is 7.90. The van der Waals surface area contributed by atoms with E-state index < -0.39 is 0 Å². The predicted molar refractivity (Wildman–Crippen MR) is 183 cm³/mol. The molecule has 3 N–H and O–H groups in total. The van der Waals surface area contributed by atoms with Crippen LogP contribution in [0.3, 0.4) is 0 Å². The molecule has 7 rings (SSSR count). The molecule has 0 aliphatic carbocycles. The van der Waals surface area contributed by atoms with Crippen LogP contribution in [0.25, 0.3) is 56.9 Å². The molecule has 0 amide bonds. The van der Waals surface area contributed by atoms with Crippen molar-refractivity contribution in [3.63, 3.8) is 0 Å². The van der Waals surface area contributed by atoms with E-state index in [1.54, 1.807) is 0 Å². The summed E-state index contributed by atoms with van der Waals surface area (Å²) in [6, 6.07) is 49.7. The van der Waals surface area contributed by atoms with Crippen LogP contribution in [0.4, 0.5) is 0 Å². The van der Waals surface area contributed by atoms with Crippen molar-refractivity contribution in [1.29, 1.82) is 0 Å². The largest absolute Gasteiger partial charge is 0.354 e. The number of benzene rings is 5. The average molecular weight is 569 g/mol. The summed E-state index contributed by atoms with van der Waals surface area (Å²) in [5.41, 5.74) is 19.0. The van der Waals surface area contributed by atoms with Crippen molar-refractivity contribution in [2.45, 2.75) is 13.0 Å². The molecule has 44 heavy (non-hydrogen) atoms. The van der Waals surface area contributed by atoms with Gasteiger partial charge >= 0.3 is 0 Å². The Kier molecular flexibility index (Phi) is 7.41. The third kappa shape index (κ3) is 5.47. The van der Waals surface area contributed by atoms with E-state index in [4.69, 9.17) is 15.7 Å². The quantitative estimate of drug-likeness (QED) is 0.211. The highest BCUT2D eigenvalue weighted by molar-refractivity contribution is 6.03. The number of nitrogens with zero attached hydrogens (tertiary/aromatic N) is 2. The second-order valence-corrected chi connectivity index (χ2v) is 11.0. The van der Waals surface area contributed by atoms with Gasteiger partial charge in [0.05, 0.1) is 17.1 Å². The fraction of sp³-hybridized carbons (Fsp3) is 0.0500. The highest BCUT2D eigenvalue weighted by Crippen LogP contribution is 2.38. The minimum atomic E-state index is -0.208.